The van der Waals surface area contributed by atoms with Crippen molar-refractivity contribution in [3.05, 3.63) is 68.3 Å². The van der Waals surface area contributed by atoms with Crippen LogP contribution in [0.3, 0.4) is 0 Å². The predicted octanol–water partition coefficient (Wildman–Crippen LogP) is 4.44. The van der Waals surface area contributed by atoms with Crippen molar-refractivity contribution >= 4 is 32.6 Å². The van der Waals surface area contributed by atoms with Crippen molar-refractivity contribution < 1.29 is 21.6 Å². The second-order valence-corrected chi connectivity index (χ2v) is 8.19. The zero-order valence-corrected chi connectivity index (χ0v) is 15.8. The first-order chi connectivity index (χ1) is 11.0. The average molecular weight is 469 g/mol. The monoisotopic (exact) mass is 469 g/mol. The van der Waals surface area contributed by atoms with Gasteiger partial charge in [0, 0.05) is 3.57 Å². The zero-order chi connectivity index (χ0) is 18.1. The number of hydrogen-bond acceptors (Lipinski definition) is 2. The minimum absolute atomic E-state index is 0.484. The van der Waals surface area contributed by atoms with Crippen LogP contribution in [0, 0.1) is 17.4 Å². The van der Waals surface area contributed by atoms with Gasteiger partial charge in [0.25, 0.3) is 0 Å². The molecule has 2 rings (SSSR count). The second kappa shape index (κ2) is 7.01. The molecule has 0 radical (unpaired) electrons. The fourth-order valence-corrected chi connectivity index (χ4v) is 4.05. The summed E-state index contributed by atoms with van der Waals surface area (Å²) in [5.41, 5.74) is -2.97. The molecule has 0 aromatic heterocycles. The van der Waals surface area contributed by atoms with Crippen LogP contribution in [0.25, 0.3) is 0 Å². The van der Waals surface area contributed by atoms with Crippen LogP contribution in [0.5, 0.6) is 0 Å². The van der Waals surface area contributed by atoms with E-state index in [2.05, 4.69) is 0 Å². The molecule has 2 aromatic carbocycles. The van der Waals surface area contributed by atoms with Crippen molar-refractivity contribution in [3.8, 4) is 0 Å². The highest BCUT2D eigenvalue weighted by Crippen LogP contribution is 2.33. The fourth-order valence-electron chi connectivity index (χ4n) is 2.42. The van der Waals surface area contributed by atoms with Crippen molar-refractivity contribution in [3.63, 3.8) is 0 Å². The van der Waals surface area contributed by atoms with Crippen LogP contribution in [0.2, 0.25) is 0 Å². The number of hydrogen-bond donors (Lipinski definition) is 1. The van der Waals surface area contributed by atoms with Crippen LogP contribution in [0.4, 0.5) is 13.2 Å². The molecule has 1 atom stereocenters. The first-order valence-corrected chi connectivity index (χ1v) is 9.50. The first-order valence-electron chi connectivity index (χ1n) is 6.93. The number of aryl methyl sites for hydroxylation is 2. The smallest absolute Gasteiger partial charge is 0.203 e. The van der Waals surface area contributed by atoms with Crippen LogP contribution < -0.4 is 4.72 Å². The Morgan fingerprint density at radius 2 is 1.58 bits per heavy atom. The van der Waals surface area contributed by atoms with E-state index in [1.165, 1.54) is 0 Å². The lowest BCUT2D eigenvalue weighted by Crippen LogP contribution is -2.39. The SMILES string of the molecule is Cc1ccccc1C(NS(=O)(=O)C(F)(F)F)c1c(C)cccc1I. The van der Waals surface area contributed by atoms with E-state index in [0.717, 1.165) is 0 Å². The molecule has 8 heteroatoms. The maximum Gasteiger partial charge on any atom is 0.511 e. The summed E-state index contributed by atoms with van der Waals surface area (Å²) in [5, 5.41) is 0. The van der Waals surface area contributed by atoms with Gasteiger partial charge in [-0.3, -0.25) is 0 Å². The summed E-state index contributed by atoms with van der Waals surface area (Å²) in [4.78, 5) is 0. The van der Waals surface area contributed by atoms with Crippen LogP contribution >= 0.6 is 22.6 Å². The maximum atomic E-state index is 12.9. The minimum Gasteiger partial charge on any atom is -0.203 e. The summed E-state index contributed by atoms with van der Waals surface area (Å²) in [7, 11) is -5.50. The molecule has 1 N–H and O–H groups in total. The number of halogens is 4. The highest BCUT2D eigenvalue weighted by Gasteiger charge is 2.47. The van der Waals surface area contributed by atoms with E-state index in [-0.39, 0.29) is 0 Å². The lowest BCUT2D eigenvalue weighted by molar-refractivity contribution is -0.0450. The second-order valence-electron chi connectivity index (χ2n) is 5.33. The molecule has 0 spiro atoms. The molecule has 0 bridgehead atoms. The van der Waals surface area contributed by atoms with Gasteiger partial charge in [0.15, 0.2) is 0 Å². The third-order valence-electron chi connectivity index (χ3n) is 3.64. The molecule has 0 fully saturated rings. The minimum atomic E-state index is -5.50. The molecule has 0 aliphatic rings. The molecule has 3 nitrogen and oxygen atoms in total. The van der Waals surface area contributed by atoms with Gasteiger partial charge in [0.1, 0.15) is 0 Å². The molecule has 0 amide bonds. The van der Waals surface area contributed by atoms with Gasteiger partial charge >= 0.3 is 15.5 Å². The Balaban J connectivity index is 2.66. The average Bonchev–Trinajstić information content (AvgIpc) is 2.45. The van der Waals surface area contributed by atoms with E-state index < -0.39 is 21.6 Å². The van der Waals surface area contributed by atoms with Gasteiger partial charge < -0.3 is 0 Å². The highest BCUT2D eigenvalue weighted by molar-refractivity contribution is 14.1. The molecule has 1 unspecified atom stereocenters. The molecule has 0 saturated carbocycles. The Labute approximate surface area is 152 Å². The quantitative estimate of drug-likeness (QED) is 0.674. The summed E-state index contributed by atoms with van der Waals surface area (Å²) in [6, 6.07) is 10.9. The van der Waals surface area contributed by atoms with E-state index in [9.17, 15) is 21.6 Å². The van der Waals surface area contributed by atoms with E-state index in [1.807, 2.05) is 27.3 Å². The van der Waals surface area contributed by atoms with Crippen LogP contribution in [-0.4, -0.2) is 13.9 Å². The van der Waals surface area contributed by atoms with Gasteiger partial charge in [-0.1, -0.05) is 36.4 Å². The van der Waals surface area contributed by atoms with Crippen LogP contribution in [-0.2, 0) is 10.0 Å². The molecule has 2 aromatic rings. The van der Waals surface area contributed by atoms with Gasteiger partial charge in [0.05, 0.1) is 6.04 Å². The zero-order valence-electron chi connectivity index (χ0n) is 12.9. The predicted molar refractivity (Wildman–Crippen MR) is 95.0 cm³/mol. The third-order valence-corrected chi connectivity index (χ3v) is 5.73. The van der Waals surface area contributed by atoms with E-state index in [0.29, 0.717) is 25.8 Å². The lowest BCUT2D eigenvalue weighted by Gasteiger charge is -2.24. The normalized spacial score (nSPS) is 13.8. The van der Waals surface area contributed by atoms with Crippen LogP contribution in [0.15, 0.2) is 42.5 Å². The Morgan fingerprint density at radius 3 is 2.12 bits per heavy atom. The number of rotatable bonds is 4. The highest BCUT2D eigenvalue weighted by atomic mass is 127. The van der Waals surface area contributed by atoms with E-state index in [1.54, 1.807) is 56.3 Å². The Morgan fingerprint density at radius 1 is 1.00 bits per heavy atom. The molecule has 0 aliphatic heterocycles. The molecule has 0 aliphatic carbocycles. The van der Waals surface area contributed by atoms with E-state index in [4.69, 9.17) is 0 Å². The van der Waals surface area contributed by atoms with Crippen LogP contribution in [0.1, 0.15) is 28.3 Å². The number of sulfonamides is 1. The van der Waals surface area contributed by atoms with Gasteiger partial charge in [0.2, 0.25) is 0 Å². The standard InChI is InChI=1S/C16H15F3INO2S/c1-10-6-3-4-8-12(10)15(21-24(22,23)16(17,18)19)14-11(2)7-5-9-13(14)20/h3-9,15,21H,1-2H3. The first kappa shape index (κ1) is 19.2. The van der Waals surface area contributed by atoms with Crippen molar-refractivity contribution in [2.75, 3.05) is 0 Å². The topological polar surface area (TPSA) is 46.2 Å². The van der Waals surface area contributed by atoms with Crippen molar-refractivity contribution in [2.45, 2.75) is 25.4 Å². The molecular weight excluding hydrogens is 454 g/mol. The Kier molecular flexibility index (Phi) is 5.61. The summed E-state index contributed by atoms with van der Waals surface area (Å²) in [6.45, 7) is 3.47. The van der Waals surface area contributed by atoms with Crippen molar-refractivity contribution in [2.24, 2.45) is 0 Å². The molecule has 0 saturated heterocycles. The largest absolute Gasteiger partial charge is 0.511 e. The summed E-state index contributed by atoms with van der Waals surface area (Å²) in [6.07, 6.45) is 0. The maximum absolute atomic E-state index is 12.9. The van der Waals surface area contributed by atoms with Gasteiger partial charge in [-0.05, 0) is 64.8 Å². The molecular formula is C16H15F3INO2S. The van der Waals surface area contributed by atoms with Crippen molar-refractivity contribution in [1.82, 2.24) is 4.72 Å². The molecule has 24 heavy (non-hydrogen) atoms. The Bertz CT molecular complexity index is 830. The summed E-state index contributed by atoms with van der Waals surface area (Å²) in [5.74, 6) is 0. The lowest BCUT2D eigenvalue weighted by atomic mass is 9.93. The summed E-state index contributed by atoms with van der Waals surface area (Å²) < 4.78 is 64.5. The number of alkyl halides is 3. The molecule has 0 heterocycles. The number of nitrogens with one attached hydrogen (secondary N) is 1. The fraction of sp³-hybridized carbons (Fsp3) is 0.250. The van der Waals surface area contributed by atoms with Gasteiger partial charge in [-0.25, -0.2) is 8.42 Å². The third kappa shape index (κ3) is 3.92. The molecule has 130 valence electrons. The van der Waals surface area contributed by atoms with Gasteiger partial charge in [-0.15, -0.1) is 0 Å². The summed E-state index contributed by atoms with van der Waals surface area (Å²) >= 11 is 2.00. The Hall–Kier alpha value is -1.13. The van der Waals surface area contributed by atoms with E-state index >= 15 is 0 Å². The number of benzene rings is 2. The van der Waals surface area contributed by atoms with Gasteiger partial charge in [-0.2, -0.15) is 17.9 Å². The van der Waals surface area contributed by atoms with Crippen molar-refractivity contribution in [1.29, 1.82) is 0 Å².